The molecular weight excluding hydrogens is 376 g/mol. The van der Waals surface area contributed by atoms with Crippen LogP contribution in [0, 0.1) is 0 Å². The third-order valence-corrected chi connectivity index (χ3v) is 5.33. The lowest BCUT2D eigenvalue weighted by atomic mass is 10.0. The van der Waals surface area contributed by atoms with Crippen LogP contribution in [-0.4, -0.2) is 35.5 Å². The minimum atomic E-state index is -1.01. The van der Waals surface area contributed by atoms with Crippen molar-refractivity contribution in [3.8, 4) is 0 Å². The predicted molar refractivity (Wildman–Crippen MR) is 126 cm³/mol. The molecule has 0 heterocycles. The van der Waals surface area contributed by atoms with Gasteiger partial charge in [0.1, 0.15) is 12.7 Å². The lowest BCUT2D eigenvalue weighted by Gasteiger charge is -2.05. The van der Waals surface area contributed by atoms with Crippen LogP contribution in [0.5, 0.6) is 0 Å². The summed E-state index contributed by atoms with van der Waals surface area (Å²) in [6.07, 6.45) is 29.0. The first-order valence-electron chi connectivity index (χ1n) is 12.5. The van der Waals surface area contributed by atoms with Crippen molar-refractivity contribution in [2.45, 2.75) is 122 Å². The molecule has 0 aliphatic carbocycles. The second kappa shape index (κ2) is 24.1. The van der Waals surface area contributed by atoms with E-state index in [0.29, 0.717) is 0 Å². The first-order valence-corrected chi connectivity index (χ1v) is 12.5. The number of aliphatic hydroxyl groups excluding tert-OH is 2. The number of ether oxygens (including phenoxy) is 1. The average molecular weight is 425 g/mol. The third kappa shape index (κ3) is 23.2. The van der Waals surface area contributed by atoms with E-state index in [0.717, 1.165) is 6.42 Å². The van der Waals surface area contributed by atoms with Crippen molar-refractivity contribution in [2.24, 2.45) is 0 Å². The normalized spacial score (nSPS) is 12.8. The van der Waals surface area contributed by atoms with E-state index in [1.54, 1.807) is 6.08 Å². The van der Waals surface area contributed by atoms with Gasteiger partial charge in [-0.05, 0) is 12.8 Å². The number of carbonyl (C=O) groups is 1. The molecule has 0 rings (SSSR count). The highest BCUT2D eigenvalue weighted by atomic mass is 16.5. The number of hydrogen-bond donors (Lipinski definition) is 2. The Labute approximate surface area is 185 Å². The van der Waals surface area contributed by atoms with E-state index in [-0.39, 0.29) is 6.61 Å². The number of hydrogen-bond acceptors (Lipinski definition) is 4. The van der Waals surface area contributed by atoms with Crippen molar-refractivity contribution in [3.63, 3.8) is 0 Å². The smallest absolute Gasteiger partial charge is 0.330 e. The Kier molecular flexibility index (Phi) is 23.2. The van der Waals surface area contributed by atoms with Gasteiger partial charge in [0, 0.05) is 6.08 Å². The molecule has 4 heteroatoms. The van der Waals surface area contributed by atoms with Crippen LogP contribution in [-0.2, 0) is 9.53 Å². The van der Waals surface area contributed by atoms with Gasteiger partial charge in [-0.15, -0.1) is 0 Å². The van der Waals surface area contributed by atoms with Gasteiger partial charge in [0.2, 0.25) is 0 Å². The number of aliphatic hydroxyl groups is 2. The van der Waals surface area contributed by atoms with Gasteiger partial charge in [-0.3, -0.25) is 0 Å². The average Bonchev–Trinajstić information content (AvgIpc) is 2.76. The minimum Gasteiger partial charge on any atom is -0.460 e. The summed E-state index contributed by atoms with van der Waals surface area (Å²) in [7, 11) is 0. The maximum absolute atomic E-state index is 11.3. The fraction of sp³-hybridized carbons (Fsp3) is 0.808. The van der Waals surface area contributed by atoms with Gasteiger partial charge in [-0.25, -0.2) is 4.79 Å². The number of allylic oxidation sites excluding steroid dienone is 3. The summed E-state index contributed by atoms with van der Waals surface area (Å²) >= 11 is 0. The molecule has 0 amide bonds. The van der Waals surface area contributed by atoms with Crippen LogP contribution in [0.1, 0.15) is 116 Å². The molecule has 0 saturated carbocycles. The van der Waals surface area contributed by atoms with E-state index in [1.807, 2.05) is 6.08 Å². The van der Waals surface area contributed by atoms with Crippen LogP contribution in [0.3, 0.4) is 0 Å². The summed E-state index contributed by atoms with van der Waals surface area (Å²) in [6.45, 7) is 1.69. The van der Waals surface area contributed by atoms with Crippen LogP contribution in [0.4, 0.5) is 0 Å². The standard InChI is InChI=1S/C26H48O4/c1-2-3-4-5-6-7-8-9-10-11-12-13-14-15-16-17-18-19-20-21-22-26(29)30-24-25(28)23-27/h19-22,25,27-28H,2-18,23-24H2,1H3. The second-order valence-electron chi connectivity index (χ2n) is 8.35. The fourth-order valence-electron chi connectivity index (χ4n) is 3.40. The minimum absolute atomic E-state index is 0.178. The van der Waals surface area contributed by atoms with E-state index >= 15 is 0 Å². The molecule has 0 aromatic rings. The number of esters is 1. The maximum atomic E-state index is 11.3. The van der Waals surface area contributed by atoms with E-state index < -0.39 is 18.7 Å². The Morgan fingerprint density at radius 3 is 1.70 bits per heavy atom. The molecule has 0 aliphatic heterocycles. The van der Waals surface area contributed by atoms with Crippen molar-refractivity contribution < 1.29 is 19.7 Å². The summed E-state index contributed by atoms with van der Waals surface area (Å²) in [5, 5.41) is 17.7. The van der Waals surface area contributed by atoms with Crippen molar-refractivity contribution in [1.29, 1.82) is 0 Å². The van der Waals surface area contributed by atoms with Crippen molar-refractivity contribution >= 4 is 5.97 Å². The Hall–Kier alpha value is -1.13. The molecular formula is C26H48O4. The molecule has 2 N–H and O–H groups in total. The Morgan fingerprint density at radius 1 is 0.767 bits per heavy atom. The van der Waals surface area contributed by atoms with Gasteiger partial charge in [-0.2, -0.15) is 0 Å². The SMILES string of the molecule is CCCCCCCCCCCCCCCCCCC=CC=CC(=O)OCC(O)CO. The lowest BCUT2D eigenvalue weighted by molar-refractivity contribution is -0.141. The van der Waals surface area contributed by atoms with Gasteiger partial charge in [0.15, 0.2) is 0 Å². The molecule has 176 valence electrons. The zero-order chi connectivity index (χ0) is 22.1. The molecule has 0 fully saturated rings. The fourth-order valence-corrected chi connectivity index (χ4v) is 3.40. The molecule has 1 atom stereocenters. The van der Waals surface area contributed by atoms with E-state index in [9.17, 15) is 4.79 Å². The summed E-state index contributed by atoms with van der Waals surface area (Å²) in [5.41, 5.74) is 0. The molecule has 0 saturated heterocycles. The van der Waals surface area contributed by atoms with E-state index in [1.165, 1.54) is 109 Å². The Bertz CT molecular complexity index is 417. The number of unbranched alkanes of at least 4 members (excludes halogenated alkanes) is 16. The molecule has 0 spiro atoms. The lowest BCUT2D eigenvalue weighted by Crippen LogP contribution is -2.21. The quantitative estimate of drug-likeness (QED) is 0.0884. The molecule has 0 radical (unpaired) electrons. The zero-order valence-electron chi connectivity index (χ0n) is 19.5. The van der Waals surface area contributed by atoms with Crippen LogP contribution >= 0.6 is 0 Å². The zero-order valence-corrected chi connectivity index (χ0v) is 19.5. The van der Waals surface area contributed by atoms with Gasteiger partial charge in [0.25, 0.3) is 0 Å². The highest BCUT2D eigenvalue weighted by Gasteiger charge is 2.04. The Morgan fingerprint density at radius 2 is 1.23 bits per heavy atom. The monoisotopic (exact) mass is 424 g/mol. The predicted octanol–water partition coefficient (Wildman–Crippen LogP) is 6.65. The van der Waals surface area contributed by atoms with Crippen molar-refractivity contribution in [2.75, 3.05) is 13.2 Å². The Balaban J connectivity index is 3.26. The van der Waals surface area contributed by atoms with Crippen LogP contribution in [0.15, 0.2) is 24.3 Å². The summed E-state index contributed by atoms with van der Waals surface area (Å²) < 4.78 is 4.77. The van der Waals surface area contributed by atoms with E-state index in [4.69, 9.17) is 14.9 Å². The highest BCUT2D eigenvalue weighted by molar-refractivity contribution is 5.82. The molecule has 0 bridgehead atoms. The van der Waals surface area contributed by atoms with Crippen LogP contribution in [0.25, 0.3) is 0 Å². The molecule has 0 aliphatic rings. The van der Waals surface area contributed by atoms with Gasteiger partial charge >= 0.3 is 5.97 Å². The van der Waals surface area contributed by atoms with Gasteiger partial charge < -0.3 is 14.9 Å². The van der Waals surface area contributed by atoms with Crippen molar-refractivity contribution in [3.05, 3.63) is 24.3 Å². The summed E-state index contributed by atoms with van der Waals surface area (Å²) in [4.78, 5) is 11.3. The van der Waals surface area contributed by atoms with Crippen LogP contribution < -0.4 is 0 Å². The summed E-state index contributed by atoms with van der Waals surface area (Å²) in [5.74, 6) is -0.505. The van der Waals surface area contributed by atoms with Gasteiger partial charge in [-0.1, -0.05) is 121 Å². The molecule has 0 aromatic heterocycles. The maximum Gasteiger partial charge on any atom is 0.330 e. The van der Waals surface area contributed by atoms with E-state index in [2.05, 4.69) is 13.0 Å². The first-order chi connectivity index (χ1) is 14.7. The largest absolute Gasteiger partial charge is 0.460 e. The number of rotatable bonds is 22. The molecule has 30 heavy (non-hydrogen) atoms. The highest BCUT2D eigenvalue weighted by Crippen LogP contribution is 2.14. The molecule has 4 nitrogen and oxygen atoms in total. The third-order valence-electron chi connectivity index (χ3n) is 5.33. The molecule has 1 unspecified atom stereocenters. The number of carbonyl (C=O) groups excluding carboxylic acids is 1. The van der Waals surface area contributed by atoms with Crippen molar-refractivity contribution in [1.82, 2.24) is 0 Å². The topological polar surface area (TPSA) is 66.8 Å². The van der Waals surface area contributed by atoms with Crippen LogP contribution in [0.2, 0.25) is 0 Å². The second-order valence-corrected chi connectivity index (χ2v) is 8.35. The van der Waals surface area contributed by atoms with Gasteiger partial charge in [0.05, 0.1) is 6.61 Å². The summed E-state index contributed by atoms with van der Waals surface area (Å²) in [6, 6.07) is 0. The molecule has 0 aromatic carbocycles. The first kappa shape index (κ1) is 28.9.